The molecule has 2 aromatic rings. The smallest absolute Gasteiger partial charge is 0.137 e. The van der Waals surface area contributed by atoms with Gasteiger partial charge in [0.25, 0.3) is 0 Å². The molecule has 90 valence electrons. The molecule has 2 N–H and O–H groups in total. The monoisotopic (exact) mass is 230 g/mol. The maximum atomic E-state index is 6.17. The Balaban J connectivity index is 2.01. The first-order valence-corrected chi connectivity index (χ1v) is 5.88. The quantitative estimate of drug-likeness (QED) is 0.877. The average molecular weight is 230 g/mol. The van der Waals surface area contributed by atoms with Gasteiger partial charge < -0.3 is 10.3 Å². The Bertz CT molecular complexity index is 457. The van der Waals surface area contributed by atoms with Crippen molar-refractivity contribution in [3.8, 4) is 0 Å². The summed E-state index contributed by atoms with van der Waals surface area (Å²) in [5.74, 6) is 0.881. The van der Waals surface area contributed by atoms with Crippen LogP contribution in [0, 0.1) is 13.8 Å². The summed E-state index contributed by atoms with van der Waals surface area (Å²) in [6, 6.07) is 10.4. The van der Waals surface area contributed by atoms with Gasteiger partial charge in [-0.2, -0.15) is 0 Å². The van der Waals surface area contributed by atoms with Crippen LogP contribution in [0.15, 0.2) is 34.9 Å². The molecular weight excluding hydrogens is 212 g/mol. The van der Waals surface area contributed by atoms with Crippen molar-refractivity contribution in [2.45, 2.75) is 32.7 Å². The van der Waals surface area contributed by atoms with Gasteiger partial charge >= 0.3 is 0 Å². The van der Waals surface area contributed by atoms with Crippen molar-refractivity contribution in [3.05, 3.63) is 52.9 Å². The summed E-state index contributed by atoms with van der Waals surface area (Å²) < 4.78 is 5.14. The number of nitrogens with zero attached hydrogens (tertiary/aromatic N) is 1. The van der Waals surface area contributed by atoms with E-state index in [-0.39, 0.29) is 6.04 Å². The van der Waals surface area contributed by atoms with Crippen molar-refractivity contribution in [2.75, 3.05) is 0 Å². The second-order valence-corrected chi connectivity index (χ2v) is 4.46. The van der Waals surface area contributed by atoms with Gasteiger partial charge in [-0.15, -0.1) is 0 Å². The van der Waals surface area contributed by atoms with Crippen LogP contribution in [-0.4, -0.2) is 11.2 Å². The molecule has 1 heterocycles. The number of rotatable bonds is 4. The van der Waals surface area contributed by atoms with Gasteiger partial charge in [-0.1, -0.05) is 35.5 Å². The van der Waals surface area contributed by atoms with Crippen molar-refractivity contribution in [3.63, 3.8) is 0 Å². The molecule has 0 spiro atoms. The van der Waals surface area contributed by atoms with Crippen LogP contribution in [0.3, 0.4) is 0 Å². The zero-order valence-electron chi connectivity index (χ0n) is 10.3. The normalized spacial score (nSPS) is 12.6. The van der Waals surface area contributed by atoms with Crippen LogP contribution >= 0.6 is 0 Å². The van der Waals surface area contributed by atoms with Crippen molar-refractivity contribution in [1.29, 1.82) is 0 Å². The molecule has 1 unspecified atom stereocenters. The highest BCUT2D eigenvalue weighted by molar-refractivity contribution is 5.23. The first-order valence-electron chi connectivity index (χ1n) is 5.88. The molecule has 1 atom stereocenters. The van der Waals surface area contributed by atoms with Gasteiger partial charge in [-0.3, -0.25) is 0 Å². The van der Waals surface area contributed by atoms with E-state index < -0.39 is 0 Å². The molecule has 1 aromatic carbocycles. The molecule has 0 fully saturated rings. The molecule has 1 aromatic heterocycles. The molecule has 0 aliphatic heterocycles. The molecule has 0 radical (unpaired) electrons. The summed E-state index contributed by atoms with van der Waals surface area (Å²) >= 11 is 0. The summed E-state index contributed by atoms with van der Waals surface area (Å²) in [6.07, 6.45) is 1.70. The first-order chi connectivity index (χ1) is 8.16. The van der Waals surface area contributed by atoms with Gasteiger partial charge in [0.2, 0.25) is 0 Å². The third-order valence-corrected chi connectivity index (χ3v) is 2.99. The number of nitrogens with two attached hydrogens (primary N) is 1. The molecule has 0 aliphatic carbocycles. The number of benzene rings is 1. The van der Waals surface area contributed by atoms with Crippen LogP contribution < -0.4 is 5.73 Å². The highest BCUT2D eigenvalue weighted by Gasteiger charge is 2.13. The Labute approximate surface area is 102 Å². The zero-order chi connectivity index (χ0) is 12.3. The molecule has 0 saturated heterocycles. The van der Waals surface area contributed by atoms with E-state index in [0.29, 0.717) is 0 Å². The summed E-state index contributed by atoms with van der Waals surface area (Å²) in [6.45, 7) is 3.89. The van der Waals surface area contributed by atoms with Crippen LogP contribution in [0.4, 0.5) is 0 Å². The summed E-state index contributed by atoms with van der Waals surface area (Å²) in [4.78, 5) is 0. The van der Waals surface area contributed by atoms with Gasteiger partial charge in [0, 0.05) is 11.6 Å². The van der Waals surface area contributed by atoms with E-state index in [1.54, 1.807) is 0 Å². The summed E-state index contributed by atoms with van der Waals surface area (Å²) in [5, 5.41) is 3.95. The highest BCUT2D eigenvalue weighted by Crippen LogP contribution is 2.15. The first kappa shape index (κ1) is 11.9. The maximum Gasteiger partial charge on any atom is 0.137 e. The lowest BCUT2D eigenvalue weighted by atomic mass is 9.99. The van der Waals surface area contributed by atoms with Crippen LogP contribution in [0.5, 0.6) is 0 Å². The zero-order valence-corrected chi connectivity index (χ0v) is 10.3. The van der Waals surface area contributed by atoms with E-state index in [4.69, 9.17) is 10.3 Å². The average Bonchev–Trinajstić information content (AvgIpc) is 2.62. The molecule has 17 heavy (non-hydrogen) atoms. The largest absolute Gasteiger partial charge is 0.361 e. The minimum absolute atomic E-state index is 0.106. The second kappa shape index (κ2) is 5.15. The van der Waals surface area contributed by atoms with Crippen LogP contribution in [0.25, 0.3) is 0 Å². The Morgan fingerprint density at radius 2 is 1.88 bits per heavy atom. The third kappa shape index (κ3) is 2.94. The van der Waals surface area contributed by atoms with Crippen LogP contribution in [0.2, 0.25) is 0 Å². The third-order valence-electron chi connectivity index (χ3n) is 2.99. The SMILES string of the molecule is Cc1noc(C)c1CC(N)Cc1ccccc1. The second-order valence-electron chi connectivity index (χ2n) is 4.46. The fraction of sp³-hybridized carbons (Fsp3) is 0.357. The predicted octanol–water partition coefficient (Wildman–Crippen LogP) is 2.40. The van der Waals surface area contributed by atoms with E-state index in [9.17, 15) is 0 Å². The van der Waals surface area contributed by atoms with E-state index in [0.717, 1.165) is 29.9 Å². The number of hydrogen-bond donors (Lipinski definition) is 1. The Hall–Kier alpha value is -1.61. The van der Waals surface area contributed by atoms with Crippen LogP contribution in [-0.2, 0) is 12.8 Å². The number of aryl methyl sites for hydroxylation is 2. The molecule has 0 amide bonds. The van der Waals surface area contributed by atoms with Crippen molar-refractivity contribution < 1.29 is 4.52 Å². The molecule has 0 bridgehead atoms. The van der Waals surface area contributed by atoms with E-state index >= 15 is 0 Å². The Morgan fingerprint density at radius 1 is 1.18 bits per heavy atom. The van der Waals surface area contributed by atoms with Gasteiger partial charge in [0.15, 0.2) is 0 Å². The van der Waals surface area contributed by atoms with Gasteiger partial charge in [0.05, 0.1) is 5.69 Å². The molecular formula is C14H18N2O. The minimum atomic E-state index is 0.106. The van der Waals surface area contributed by atoms with E-state index in [1.807, 2.05) is 32.0 Å². The Kier molecular flexibility index (Phi) is 3.59. The predicted molar refractivity (Wildman–Crippen MR) is 67.8 cm³/mol. The topological polar surface area (TPSA) is 52.0 Å². The van der Waals surface area contributed by atoms with E-state index in [2.05, 4.69) is 17.3 Å². The van der Waals surface area contributed by atoms with Crippen molar-refractivity contribution >= 4 is 0 Å². The Morgan fingerprint density at radius 3 is 2.47 bits per heavy atom. The lowest BCUT2D eigenvalue weighted by Crippen LogP contribution is -2.25. The molecule has 2 rings (SSSR count). The maximum absolute atomic E-state index is 6.17. The molecule has 0 saturated carbocycles. The highest BCUT2D eigenvalue weighted by atomic mass is 16.5. The lowest BCUT2D eigenvalue weighted by molar-refractivity contribution is 0.392. The van der Waals surface area contributed by atoms with Gasteiger partial charge in [-0.25, -0.2) is 0 Å². The van der Waals surface area contributed by atoms with Gasteiger partial charge in [-0.05, 0) is 32.3 Å². The number of hydrogen-bond acceptors (Lipinski definition) is 3. The summed E-state index contributed by atoms with van der Waals surface area (Å²) in [5.41, 5.74) is 9.53. The van der Waals surface area contributed by atoms with E-state index in [1.165, 1.54) is 5.56 Å². The molecule has 3 nitrogen and oxygen atoms in total. The fourth-order valence-electron chi connectivity index (χ4n) is 2.04. The molecule has 0 aliphatic rings. The summed E-state index contributed by atoms with van der Waals surface area (Å²) in [7, 11) is 0. The fourth-order valence-corrected chi connectivity index (χ4v) is 2.04. The van der Waals surface area contributed by atoms with Crippen LogP contribution in [0.1, 0.15) is 22.6 Å². The molecule has 3 heteroatoms. The van der Waals surface area contributed by atoms with Crippen molar-refractivity contribution in [1.82, 2.24) is 5.16 Å². The minimum Gasteiger partial charge on any atom is -0.361 e. The number of aromatic nitrogens is 1. The standard InChI is InChI=1S/C14H18N2O/c1-10-14(11(2)17-16-10)9-13(15)8-12-6-4-3-5-7-12/h3-7,13H,8-9,15H2,1-2H3. The lowest BCUT2D eigenvalue weighted by Gasteiger charge is -2.11. The van der Waals surface area contributed by atoms with Crippen molar-refractivity contribution in [2.24, 2.45) is 5.73 Å². The van der Waals surface area contributed by atoms with Gasteiger partial charge in [0.1, 0.15) is 5.76 Å².